The van der Waals surface area contributed by atoms with Gasteiger partial charge in [-0.25, -0.2) is 4.39 Å². The van der Waals surface area contributed by atoms with E-state index >= 15 is 0 Å². The molecule has 0 radical (unpaired) electrons. The maximum absolute atomic E-state index is 13.5. The molecular formula is C9H8BrClFN. The van der Waals surface area contributed by atoms with Crippen LogP contribution >= 0.6 is 27.5 Å². The summed E-state index contributed by atoms with van der Waals surface area (Å²) in [4.78, 5) is 0. The Labute approximate surface area is 89.2 Å². The molecular weight excluding hydrogens is 256 g/mol. The maximum Gasteiger partial charge on any atom is 0.146 e. The molecule has 70 valence electrons. The first kappa shape index (κ1) is 9.44. The fraction of sp³-hybridized carbons (Fsp3) is 0.333. The minimum Gasteiger partial charge on any atom is -0.327 e. The molecule has 1 aromatic rings. The molecule has 4 heteroatoms. The Bertz CT molecular complexity index is 356. The maximum atomic E-state index is 13.5. The molecule has 1 aliphatic rings. The zero-order valence-electron chi connectivity index (χ0n) is 6.73. The van der Waals surface area contributed by atoms with Crippen LogP contribution in [0.4, 0.5) is 4.39 Å². The molecule has 0 amide bonds. The van der Waals surface area contributed by atoms with Gasteiger partial charge in [-0.15, -0.1) is 0 Å². The monoisotopic (exact) mass is 263 g/mol. The average molecular weight is 265 g/mol. The van der Waals surface area contributed by atoms with Crippen molar-refractivity contribution in [1.29, 1.82) is 0 Å². The summed E-state index contributed by atoms with van der Waals surface area (Å²) in [7, 11) is 0. The third kappa shape index (κ3) is 1.60. The van der Waals surface area contributed by atoms with Crippen LogP contribution in [0.15, 0.2) is 16.6 Å². The van der Waals surface area contributed by atoms with Gasteiger partial charge in [-0.3, -0.25) is 0 Å². The van der Waals surface area contributed by atoms with E-state index in [4.69, 9.17) is 17.3 Å². The molecule has 0 saturated heterocycles. The lowest BCUT2D eigenvalue weighted by Gasteiger charge is -2.05. The number of halogens is 3. The molecule has 1 aromatic carbocycles. The predicted molar refractivity (Wildman–Crippen MR) is 54.4 cm³/mol. The lowest BCUT2D eigenvalue weighted by Crippen LogP contribution is -2.03. The highest BCUT2D eigenvalue weighted by Crippen LogP contribution is 2.44. The Balaban J connectivity index is 2.48. The Hall–Kier alpha value is -0.120. The van der Waals surface area contributed by atoms with Gasteiger partial charge in [0.25, 0.3) is 0 Å². The normalized spacial score (nSPS) is 26.2. The highest BCUT2D eigenvalue weighted by molar-refractivity contribution is 9.10. The Morgan fingerprint density at radius 2 is 2.15 bits per heavy atom. The third-order valence-electron chi connectivity index (χ3n) is 2.29. The number of nitrogens with two attached hydrogens (primary N) is 1. The van der Waals surface area contributed by atoms with Gasteiger partial charge in [-0.05, 0) is 18.6 Å². The van der Waals surface area contributed by atoms with Crippen molar-refractivity contribution in [3.63, 3.8) is 0 Å². The first-order chi connectivity index (χ1) is 6.11. The molecule has 2 atom stereocenters. The summed E-state index contributed by atoms with van der Waals surface area (Å²) in [5.74, 6) is -0.206. The zero-order chi connectivity index (χ0) is 9.59. The zero-order valence-corrected chi connectivity index (χ0v) is 9.07. The van der Waals surface area contributed by atoms with Crippen LogP contribution in [0.5, 0.6) is 0 Å². The largest absolute Gasteiger partial charge is 0.327 e. The van der Waals surface area contributed by atoms with E-state index in [-0.39, 0.29) is 22.8 Å². The summed E-state index contributed by atoms with van der Waals surface area (Å²) in [6, 6.07) is 3.38. The minimum atomic E-state index is -0.339. The van der Waals surface area contributed by atoms with Crippen molar-refractivity contribution in [3.05, 3.63) is 33.0 Å². The Kier molecular flexibility index (Phi) is 2.34. The van der Waals surface area contributed by atoms with E-state index in [1.807, 2.05) is 0 Å². The molecule has 0 heterocycles. The van der Waals surface area contributed by atoms with Crippen molar-refractivity contribution in [3.8, 4) is 0 Å². The molecule has 2 N–H and O–H groups in total. The van der Waals surface area contributed by atoms with Gasteiger partial charge in [0, 0.05) is 22.0 Å². The molecule has 0 aromatic heterocycles. The highest BCUT2D eigenvalue weighted by Gasteiger charge is 2.38. The lowest BCUT2D eigenvalue weighted by molar-refractivity contribution is 0.608. The number of benzene rings is 1. The lowest BCUT2D eigenvalue weighted by atomic mass is 10.1. The minimum absolute atomic E-state index is 0.0873. The van der Waals surface area contributed by atoms with Gasteiger partial charge in [0.15, 0.2) is 0 Å². The molecule has 1 nitrogen and oxygen atoms in total. The summed E-state index contributed by atoms with van der Waals surface area (Å²) in [5, 5.41) is 0.164. The van der Waals surface area contributed by atoms with Crippen molar-refractivity contribution in [1.82, 2.24) is 0 Å². The summed E-state index contributed by atoms with van der Waals surface area (Å²) in [6.07, 6.45) is 0.843. The summed E-state index contributed by atoms with van der Waals surface area (Å²) < 4.78 is 14.3. The fourth-order valence-corrected chi connectivity index (χ4v) is 2.19. The molecule has 0 bridgehead atoms. The standard InChI is InChI=1S/C9H8BrClFN/c10-5-1-2-6(11)9(12)8(5)4-3-7(4)13/h1-2,4,7H,3,13H2/t4-,7-/m1/s1. The first-order valence-electron chi connectivity index (χ1n) is 4.00. The van der Waals surface area contributed by atoms with Crippen LogP contribution in [-0.2, 0) is 0 Å². The molecule has 2 rings (SSSR count). The van der Waals surface area contributed by atoms with Crippen LogP contribution in [-0.4, -0.2) is 6.04 Å². The van der Waals surface area contributed by atoms with Crippen molar-refractivity contribution >= 4 is 27.5 Å². The second kappa shape index (κ2) is 3.23. The van der Waals surface area contributed by atoms with E-state index in [2.05, 4.69) is 15.9 Å². The molecule has 1 aliphatic carbocycles. The van der Waals surface area contributed by atoms with Gasteiger partial charge in [0.2, 0.25) is 0 Å². The van der Waals surface area contributed by atoms with Gasteiger partial charge in [-0.2, -0.15) is 0 Å². The molecule has 1 saturated carbocycles. The van der Waals surface area contributed by atoms with Gasteiger partial charge >= 0.3 is 0 Å². The Morgan fingerprint density at radius 3 is 2.69 bits per heavy atom. The van der Waals surface area contributed by atoms with Gasteiger partial charge < -0.3 is 5.73 Å². The SMILES string of the molecule is N[C@@H]1C[C@H]1c1c(Br)ccc(Cl)c1F. The van der Waals surface area contributed by atoms with Crippen LogP contribution in [0.2, 0.25) is 5.02 Å². The second-order valence-corrected chi connectivity index (χ2v) is 4.52. The fourth-order valence-electron chi connectivity index (χ4n) is 1.43. The highest BCUT2D eigenvalue weighted by atomic mass is 79.9. The van der Waals surface area contributed by atoms with Gasteiger partial charge in [0.05, 0.1) is 5.02 Å². The summed E-state index contributed by atoms with van der Waals surface area (Å²) >= 11 is 8.96. The molecule has 1 fully saturated rings. The van der Waals surface area contributed by atoms with Gasteiger partial charge in [-0.1, -0.05) is 27.5 Å². The van der Waals surface area contributed by atoms with Crippen LogP contribution in [0.3, 0.4) is 0 Å². The molecule has 0 aliphatic heterocycles. The topological polar surface area (TPSA) is 26.0 Å². The van der Waals surface area contributed by atoms with Crippen molar-refractivity contribution in [2.24, 2.45) is 5.73 Å². The predicted octanol–water partition coefficient (Wildman–Crippen LogP) is 3.06. The van der Waals surface area contributed by atoms with Gasteiger partial charge in [0.1, 0.15) is 5.82 Å². The van der Waals surface area contributed by atoms with E-state index in [9.17, 15) is 4.39 Å². The first-order valence-corrected chi connectivity index (χ1v) is 5.17. The van der Waals surface area contributed by atoms with Crippen LogP contribution < -0.4 is 5.73 Å². The molecule has 0 spiro atoms. The van der Waals surface area contributed by atoms with Crippen molar-refractivity contribution in [2.75, 3.05) is 0 Å². The smallest absolute Gasteiger partial charge is 0.146 e. The van der Waals surface area contributed by atoms with E-state index in [1.54, 1.807) is 12.1 Å². The average Bonchev–Trinajstić information content (AvgIpc) is 2.76. The van der Waals surface area contributed by atoms with Crippen LogP contribution in [0.25, 0.3) is 0 Å². The molecule has 0 unspecified atom stereocenters. The number of hydrogen-bond donors (Lipinski definition) is 1. The van der Waals surface area contributed by atoms with Crippen LogP contribution in [0.1, 0.15) is 17.9 Å². The van der Waals surface area contributed by atoms with E-state index in [0.717, 1.165) is 10.9 Å². The number of rotatable bonds is 1. The second-order valence-electron chi connectivity index (χ2n) is 3.26. The van der Waals surface area contributed by atoms with Crippen LogP contribution in [0, 0.1) is 5.82 Å². The Morgan fingerprint density at radius 1 is 1.54 bits per heavy atom. The summed E-state index contributed by atoms with van der Waals surface area (Å²) in [6.45, 7) is 0. The van der Waals surface area contributed by atoms with Crippen molar-refractivity contribution < 1.29 is 4.39 Å². The van der Waals surface area contributed by atoms with Crippen molar-refractivity contribution in [2.45, 2.75) is 18.4 Å². The summed E-state index contributed by atoms with van der Waals surface area (Å²) in [5.41, 5.74) is 6.28. The van der Waals surface area contributed by atoms with E-state index < -0.39 is 0 Å². The quantitative estimate of drug-likeness (QED) is 0.775. The number of hydrogen-bond acceptors (Lipinski definition) is 1. The van der Waals surface area contributed by atoms with E-state index in [0.29, 0.717) is 5.56 Å². The van der Waals surface area contributed by atoms with E-state index in [1.165, 1.54) is 0 Å². The molecule has 13 heavy (non-hydrogen) atoms. The third-order valence-corrected chi connectivity index (χ3v) is 3.27.